The number of hydrogen-bond acceptors (Lipinski definition) is 8. The molecule has 0 spiro atoms. The van der Waals surface area contributed by atoms with Gasteiger partial charge in [-0.25, -0.2) is 9.38 Å². The van der Waals surface area contributed by atoms with Crippen LogP contribution in [-0.4, -0.2) is 42.6 Å². The number of nitrogens with zero attached hydrogens (tertiary/aromatic N) is 4. The molecule has 4 aromatic rings. The summed E-state index contributed by atoms with van der Waals surface area (Å²) in [5, 5.41) is 14.7. The fourth-order valence-electron chi connectivity index (χ4n) is 4.09. The fraction of sp³-hybridized carbons (Fsp3) is 0.440. The average Bonchev–Trinajstić information content (AvgIpc) is 3.43. The summed E-state index contributed by atoms with van der Waals surface area (Å²) in [6.07, 6.45) is 2.83. The predicted octanol–water partition coefficient (Wildman–Crippen LogP) is 6.12. The third-order valence-corrected chi connectivity index (χ3v) is 9.44. The summed E-state index contributed by atoms with van der Waals surface area (Å²) >= 11 is 4.80. The summed E-state index contributed by atoms with van der Waals surface area (Å²) in [5.41, 5.74) is 3.88. The summed E-state index contributed by atoms with van der Waals surface area (Å²) in [5.74, 6) is 1.12. The number of thiophene rings is 1. The van der Waals surface area contributed by atoms with Crippen molar-refractivity contribution in [2.75, 3.05) is 16.8 Å². The zero-order valence-corrected chi connectivity index (χ0v) is 22.8. The van der Waals surface area contributed by atoms with Gasteiger partial charge in [-0.2, -0.15) is 0 Å². The maximum Gasteiger partial charge on any atom is 0.234 e. The molecule has 4 heterocycles. The topological polar surface area (TPSA) is 81.4 Å². The van der Waals surface area contributed by atoms with Crippen LogP contribution >= 0.6 is 34.9 Å². The predicted molar refractivity (Wildman–Crippen MR) is 145 cm³/mol. The van der Waals surface area contributed by atoms with Gasteiger partial charge in [-0.1, -0.05) is 55.1 Å². The molecule has 0 aliphatic carbocycles. The van der Waals surface area contributed by atoms with Crippen molar-refractivity contribution in [3.05, 3.63) is 40.3 Å². The second-order valence-electron chi connectivity index (χ2n) is 9.04. The van der Waals surface area contributed by atoms with Crippen molar-refractivity contribution in [2.24, 2.45) is 0 Å². The Bertz CT molecular complexity index is 1380. The van der Waals surface area contributed by atoms with Gasteiger partial charge >= 0.3 is 0 Å². The molecular weight excluding hydrogens is 499 g/mol. The Balaban J connectivity index is 1.48. The lowest BCUT2D eigenvalue weighted by molar-refractivity contribution is -0.113. The molecule has 7 nitrogen and oxygen atoms in total. The Hall–Kier alpha value is -2.14. The third kappa shape index (κ3) is 4.94. The molecule has 0 radical (unpaired) electrons. The number of amides is 1. The maximum absolute atomic E-state index is 12.6. The number of fused-ring (bicyclic) bond motifs is 5. The highest BCUT2D eigenvalue weighted by molar-refractivity contribution is 8.00. The minimum absolute atomic E-state index is 0.0730. The number of carbonyl (C=O) groups excluding carboxylic acids is 1. The highest BCUT2D eigenvalue weighted by atomic mass is 32.2. The maximum atomic E-state index is 12.6. The van der Waals surface area contributed by atoms with E-state index in [2.05, 4.69) is 36.3 Å². The smallest absolute Gasteiger partial charge is 0.234 e. The lowest BCUT2D eigenvalue weighted by Crippen LogP contribution is -2.33. The van der Waals surface area contributed by atoms with E-state index in [1.165, 1.54) is 22.2 Å². The normalized spacial score (nSPS) is 17.7. The molecule has 1 aliphatic heterocycles. The first-order valence-electron chi connectivity index (χ1n) is 11.9. The summed E-state index contributed by atoms with van der Waals surface area (Å²) in [6.45, 7) is 9.14. The zero-order chi connectivity index (χ0) is 24.6. The largest absolute Gasteiger partial charge is 0.369 e. The van der Waals surface area contributed by atoms with E-state index in [4.69, 9.17) is 9.72 Å². The first-order valence-corrected chi connectivity index (χ1v) is 14.6. The molecule has 10 heteroatoms. The second kappa shape index (κ2) is 10.1. The minimum atomic E-state index is -0.181. The SMILES string of the molecule is CCCSc1nc2sc3c(c2c2nnc(SCC(=O)Nc4ccc(C)cc4)n12)CC(C)(CC)OC3. The molecule has 1 unspecified atom stereocenters. The van der Waals surface area contributed by atoms with Gasteiger partial charge in [0.25, 0.3) is 0 Å². The van der Waals surface area contributed by atoms with Gasteiger partial charge in [0, 0.05) is 22.7 Å². The Morgan fingerprint density at radius 1 is 1.20 bits per heavy atom. The van der Waals surface area contributed by atoms with Gasteiger partial charge in [-0.3, -0.25) is 4.79 Å². The molecule has 1 amide bonds. The standard InChI is InChI=1S/C25H29N5O2S3/c1-5-11-33-23-27-22-20(17-12-25(4,6-2)32-13-18(17)35-22)21-28-29-24(30(21)23)34-14-19(31)26-16-9-7-15(3)8-10-16/h7-10H,5-6,11-14H2,1-4H3,(H,26,31). The lowest BCUT2D eigenvalue weighted by Gasteiger charge is -2.33. The number of nitrogens with one attached hydrogen (secondary N) is 1. The van der Waals surface area contributed by atoms with Gasteiger partial charge in [0.15, 0.2) is 16.0 Å². The Labute approximate surface area is 217 Å². The van der Waals surface area contributed by atoms with Gasteiger partial charge in [0.05, 0.1) is 23.3 Å². The number of aryl methyl sites for hydroxylation is 1. The number of thioether (sulfide) groups is 2. The number of benzene rings is 1. The van der Waals surface area contributed by atoms with Gasteiger partial charge in [-0.15, -0.1) is 21.5 Å². The molecule has 0 saturated carbocycles. The Kier molecular flexibility index (Phi) is 7.07. The molecule has 3 aromatic heterocycles. The molecule has 0 fully saturated rings. The van der Waals surface area contributed by atoms with E-state index in [9.17, 15) is 4.79 Å². The average molecular weight is 528 g/mol. The summed E-state index contributed by atoms with van der Waals surface area (Å²) < 4.78 is 8.23. The van der Waals surface area contributed by atoms with Crippen molar-refractivity contribution in [2.45, 2.75) is 69.5 Å². The van der Waals surface area contributed by atoms with Crippen molar-refractivity contribution in [3.8, 4) is 0 Å². The molecule has 0 saturated heterocycles. The lowest BCUT2D eigenvalue weighted by atomic mass is 9.90. The van der Waals surface area contributed by atoms with Crippen LogP contribution in [0.5, 0.6) is 0 Å². The Morgan fingerprint density at radius 2 is 2.00 bits per heavy atom. The fourth-order valence-corrected chi connectivity index (χ4v) is 6.88. The molecule has 0 bridgehead atoms. The summed E-state index contributed by atoms with van der Waals surface area (Å²) in [4.78, 5) is 19.9. The summed E-state index contributed by atoms with van der Waals surface area (Å²) in [7, 11) is 0. The quantitative estimate of drug-likeness (QED) is 0.218. The van der Waals surface area contributed by atoms with Gasteiger partial charge in [0.2, 0.25) is 5.91 Å². The highest BCUT2D eigenvalue weighted by Crippen LogP contribution is 2.42. The molecule has 184 valence electrons. The van der Waals surface area contributed by atoms with E-state index < -0.39 is 0 Å². The van der Waals surface area contributed by atoms with E-state index in [1.807, 2.05) is 35.6 Å². The van der Waals surface area contributed by atoms with Gasteiger partial charge in [0.1, 0.15) is 4.83 Å². The van der Waals surface area contributed by atoms with Gasteiger partial charge in [-0.05, 0) is 44.4 Å². The van der Waals surface area contributed by atoms with E-state index in [-0.39, 0.29) is 17.3 Å². The van der Waals surface area contributed by atoms with Crippen molar-refractivity contribution >= 4 is 62.3 Å². The molecule has 1 N–H and O–H groups in total. The summed E-state index contributed by atoms with van der Waals surface area (Å²) in [6, 6.07) is 7.80. The van der Waals surface area contributed by atoms with Crippen molar-refractivity contribution < 1.29 is 9.53 Å². The van der Waals surface area contributed by atoms with Crippen LogP contribution in [0.2, 0.25) is 0 Å². The number of hydrogen-bond donors (Lipinski definition) is 1. The zero-order valence-electron chi connectivity index (χ0n) is 20.4. The number of rotatable bonds is 8. The van der Waals surface area contributed by atoms with Crippen LogP contribution in [0.1, 0.15) is 49.6 Å². The highest BCUT2D eigenvalue weighted by Gasteiger charge is 2.33. The Morgan fingerprint density at radius 3 is 2.74 bits per heavy atom. The number of aromatic nitrogens is 4. The molecule has 35 heavy (non-hydrogen) atoms. The van der Waals surface area contributed by atoms with E-state index >= 15 is 0 Å². The van der Waals surface area contributed by atoms with E-state index in [0.29, 0.717) is 11.8 Å². The number of carbonyl (C=O) groups is 1. The van der Waals surface area contributed by atoms with E-state index in [1.54, 1.807) is 23.1 Å². The molecule has 1 aliphatic rings. The van der Waals surface area contributed by atoms with Crippen molar-refractivity contribution in [1.82, 2.24) is 19.6 Å². The third-order valence-electron chi connectivity index (χ3n) is 6.27. The molecule has 5 rings (SSSR count). The van der Waals surface area contributed by atoms with E-state index in [0.717, 1.165) is 57.3 Å². The second-order valence-corrected chi connectivity index (χ2v) is 12.1. The van der Waals surface area contributed by atoms with Crippen LogP contribution in [0.15, 0.2) is 34.6 Å². The van der Waals surface area contributed by atoms with Crippen LogP contribution in [0.4, 0.5) is 5.69 Å². The molecule has 1 atom stereocenters. The van der Waals surface area contributed by atoms with Crippen LogP contribution in [-0.2, 0) is 22.6 Å². The van der Waals surface area contributed by atoms with Crippen LogP contribution < -0.4 is 5.32 Å². The number of anilines is 1. The van der Waals surface area contributed by atoms with Crippen molar-refractivity contribution in [3.63, 3.8) is 0 Å². The van der Waals surface area contributed by atoms with Crippen LogP contribution in [0.25, 0.3) is 15.9 Å². The molecule has 1 aromatic carbocycles. The monoisotopic (exact) mass is 527 g/mol. The molecular formula is C25H29N5O2S3. The minimum Gasteiger partial charge on any atom is -0.369 e. The van der Waals surface area contributed by atoms with Crippen LogP contribution in [0, 0.1) is 6.92 Å². The van der Waals surface area contributed by atoms with Crippen LogP contribution in [0.3, 0.4) is 0 Å². The van der Waals surface area contributed by atoms with Gasteiger partial charge < -0.3 is 10.1 Å². The number of ether oxygens (including phenoxy) is 1. The first-order chi connectivity index (χ1) is 16.9. The van der Waals surface area contributed by atoms with Crippen molar-refractivity contribution in [1.29, 1.82) is 0 Å². The first kappa shape index (κ1) is 24.5.